The van der Waals surface area contributed by atoms with Gasteiger partial charge < -0.3 is 20.3 Å². The number of thiophene rings is 1. The van der Waals surface area contributed by atoms with Crippen LogP contribution >= 0.6 is 33.9 Å². The Kier molecular flexibility index (Phi) is 4.88. The molecule has 2 aliphatic heterocycles. The Morgan fingerprint density at radius 3 is 3.14 bits per heavy atom. The fraction of sp³-hybridized carbons (Fsp3) is 0.200. The number of hydrogen-bond acceptors (Lipinski definition) is 6. The zero-order chi connectivity index (χ0) is 20.0. The topological polar surface area (TPSA) is 66.5 Å². The molecular formula is C20H16FIN4O2S. The number of carbonyl (C=O) groups excluding carboxylic acids is 1. The second kappa shape index (κ2) is 7.54. The number of ether oxygens (including phenoxy) is 1. The van der Waals surface area contributed by atoms with Crippen LogP contribution in [0.4, 0.5) is 15.1 Å². The van der Waals surface area contributed by atoms with E-state index in [1.54, 1.807) is 29.4 Å². The molecule has 0 unspecified atom stereocenters. The van der Waals surface area contributed by atoms with E-state index in [0.29, 0.717) is 29.4 Å². The van der Waals surface area contributed by atoms with Crippen molar-refractivity contribution in [2.75, 3.05) is 25.0 Å². The molecule has 0 radical (unpaired) electrons. The highest BCUT2D eigenvalue weighted by Gasteiger charge is 2.34. The first-order valence-electron chi connectivity index (χ1n) is 9.08. The number of aromatic nitrogens is 1. The summed E-state index contributed by atoms with van der Waals surface area (Å²) in [5, 5.41) is 7.79. The first-order chi connectivity index (χ1) is 14.1. The summed E-state index contributed by atoms with van der Waals surface area (Å²) in [6, 6.07) is 8.63. The van der Waals surface area contributed by atoms with E-state index in [9.17, 15) is 9.18 Å². The lowest BCUT2D eigenvalue weighted by atomic mass is 10.1. The Bertz CT molecular complexity index is 1150. The van der Waals surface area contributed by atoms with Crippen LogP contribution in [0.5, 0.6) is 0 Å². The van der Waals surface area contributed by atoms with Crippen LogP contribution in [0.15, 0.2) is 48.5 Å². The van der Waals surface area contributed by atoms with Crippen LogP contribution < -0.4 is 10.6 Å². The molecule has 6 nitrogen and oxygen atoms in total. The van der Waals surface area contributed by atoms with Crippen molar-refractivity contribution < 1.29 is 13.9 Å². The van der Waals surface area contributed by atoms with E-state index in [1.807, 2.05) is 12.1 Å². The first-order valence-corrected chi connectivity index (χ1v) is 11.0. The molecule has 5 rings (SSSR count). The molecule has 1 amide bonds. The zero-order valence-electron chi connectivity index (χ0n) is 15.1. The minimum absolute atomic E-state index is 0.0146. The van der Waals surface area contributed by atoms with Gasteiger partial charge in [0.05, 0.1) is 17.3 Å². The highest BCUT2D eigenvalue weighted by molar-refractivity contribution is 14.1. The number of carbonyl (C=O) groups is 1. The average molecular weight is 522 g/mol. The molecule has 148 valence electrons. The standard InChI is InChI=1S/C20H16FIN4O2S/c21-13-8-11(22)3-4-14(13)25-19-17(12-2-1-5-24-18(12)29-19)20(27)26-9-15-16(10-26)28-7-6-23-15/h1-5,8,10,15,23,25H,6-7,9H2/t15-/m0/s1. The summed E-state index contributed by atoms with van der Waals surface area (Å²) in [6.07, 6.45) is 3.45. The van der Waals surface area contributed by atoms with E-state index in [4.69, 9.17) is 4.74 Å². The van der Waals surface area contributed by atoms with E-state index >= 15 is 0 Å². The quantitative estimate of drug-likeness (QED) is 0.508. The third-order valence-corrected chi connectivity index (χ3v) is 6.59. The van der Waals surface area contributed by atoms with Crippen molar-refractivity contribution >= 4 is 60.7 Å². The van der Waals surface area contributed by atoms with Gasteiger partial charge in [0, 0.05) is 34.4 Å². The summed E-state index contributed by atoms with van der Waals surface area (Å²) in [6.45, 7) is 1.85. The molecule has 1 saturated heterocycles. The van der Waals surface area contributed by atoms with Gasteiger partial charge in [0.2, 0.25) is 0 Å². The molecule has 1 fully saturated rings. The van der Waals surface area contributed by atoms with Gasteiger partial charge in [0.1, 0.15) is 28.0 Å². The number of nitrogens with zero attached hydrogens (tertiary/aromatic N) is 2. The molecule has 9 heteroatoms. The van der Waals surface area contributed by atoms with Crippen LogP contribution in [-0.2, 0) is 4.74 Å². The highest BCUT2D eigenvalue weighted by atomic mass is 127. The average Bonchev–Trinajstić information content (AvgIpc) is 3.30. The summed E-state index contributed by atoms with van der Waals surface area (Å²) < 4.78 is 20.9. The van der Waals surface area contributed by atoms with Crippen molar-refractivity contribution in [3.05, 3.63) is 63.4 Å². The van der Waals surface area contributed by atoms with E-state index in [-0.39, 0.29) is 17.8 Å². The van der Waals surface area contributed by atoms with Crippen LogP contribution in [0.2, 0.25) is 0 Å². The molecule has 0 spiro atoms. The Morgan fingerprint density at radius 1 is 1.41 bits per heavy atom. The van der Waals surface area contributed by atoms with E-state index < -0.39 is 0 Å². The van der Waals surface area contributed by atoms with Gasteiger partial charge in [-0.05, 0) is 52.9 Å². The minimum Gasteiger partial charge on any atom is -0.493 e. The fourth-order valence-corrected chi connectivity index (χ4v) is 5.02. The van der Waals surface area contributed by atoms with Crippen molar-refractivity contribution in [3.63, 3.8) is 0 Å². The fourth-order valence-electron chi connectivity index (χ4n) is 3.52. The van der Waals surface area contributed by atoms with Gasteiger partial charge in [-0.15, -0.1) is 0 Å². The second-order valence-corrected chi connectivity index (χ2v) is 9.00. The summed E-state index contributed by atoms with van der Waals surface area (Å²) in [5.74, 6) is 0.248. The van der Waals surface area contributed by atoms with Crippen molar-refractivity contribution in [2.45, 2.75) is 6.04 Å². The molecule has 2 aliphatic rings. The van der Waals surface area contributed by atoms with Gasteiger partial charge in [-0.2, -0.15) is 0 Å². The molecule has 29 heavy (non-hydrogen) atoms. The largest absolute Gasteiger partial charge is 0.493 e. The summed E-state index contributed by atoms with van der Waals surface area (Å²) in [4.78, 5) is 20.2. The lowest BCUT2D eigenvalue weighted by Crippen LogP contribution is -2.42. The molecule has 1 atom stereocenters. The van der Waals surface area contributed by atoms with E-state index in [2.05, 4.69) is 38.2 Å². The number of hydrogen-bond donors (Lipinski definition) is 2. The normalized spacial score (nSPS) is 18.3. The first kappa shape index (κ1) is 18.8. The van der Waals surface area contributed by atoms with Gasteiger partial charge in [-0.1, -0.05) is 11.3 Å². The predicted octanol–water partition coefficient (Wildman–Crippen LogP) is 4.07. The number of rotatable bonds is 3. The number of fused-ring (bicyclic) bond motifs is 2. The Hall–Kier alpha value is -2.24. The molecule has 4 heterocycles. The number of pyridine rings is 1. The minimum atomic E-state index is -0.368. The highest BCUT2D eigenvalue weighted by Crippen LogP contribution is 2.38. The summed E-state index contributed by atoms with van der Waals surface area (Å²) in [7, 11) is 0. The second-order valence-electron chi connectivity index (χ2n) is 6.76. The smallest absolute Gasteiger partial charge is 0.261 e. The van der Waals surface area contributed by atoms with Crippen LogP contribution in [0.1, 0.15) is 10.4 Å². The van der Waals surface area contributed by atoms with Crippen LogP contribution in [-0.4, -0.2) is 41.5 Å². The summed E-state index contributed by atoms with van der Waals surface area (Å²) >= 11 is 3.40. The van der Waals surface area contributed by atoms with Gasteiger partial charge in [0.15, 0.2) is 0 Å². The molecule has 3 aromatic rings. The van der Waals surface area contributed by atoms with Crippen molar-refractivity contribution in [3.8, 4) is 0 Å². The number of nitrogens with one attached hydrogen (secondary N) is 2. The maximum absolute atomic E-state index is 14.4. The number of morpholine rings is 1. The van der Waals surface area contributed by atoms with Crippen LogP contribution in [0.3, 0.4) is 0 Å². The zero-order valence-corrected chi connectivity index (χ0v) is 18.1. The maximum atomic E-state index is 14.4. The van der Waals surface area contributed by atoms with Gasteiger partial charge in [-0.25, -0.2) is 9.37 Å². The SMILES string of the molecule is O=C(c1c(Nc2ccc(I)cc2F)sc2ncccc12)N1C=C2OCCN[C@H]2C1. The van der Waals surface area contributed by atoms with E-state index in [0.717, 1.165) is 26.1 Å². The number of benzene rings is 1. The van der Waals surface area contributed by atoms with Gasteiger partial charge in [-0.3, -0.25) is 4.79 Å². The Balaban J connectivity index is 1.55. The Labute approximate surface area is 183 Å². The van der Waals surface area contributed by atoms with Crippen molar-refractivity contribution in [1.29, 1.82) is 0 Å². The molecule has 0 saturated carbocycles. The number of amides is 1. The maximum Gasteiger partial charge on any atom is 0.261 e. The van der Waals surface area contributed by atoms with E-state index in [1.165, 1.54) is 17.4 Å². The van der Waals surface area contributed by atoms with Gasteiger partial charge in [0.25, 0.3) is 5.91 Å². The predicted molar refractivity (Wildman–Crippen MR) is 119 cm³/mol. The lowest BCUT2D eigenvalue weighted by Gasteiger charge is -2.22. The molecule has 1 aromatic carbocycles. The van der Waals surface area contributed by atoms with Gasteiger partial charge >= 0.3 is 0 Å². The monoisotopic (exact) mass is 522 g/mol. The number of anilines is 2. The van der Waals surface area contributed by atoms with Crippen molar-refractivity contribution in [2.24, 2.45) is 0 Å². The van der Waals surface area contributed by atoms with Crippen LogP contribution in [0, 0.1) is 9.39 Å². The van der Waals surface area contributed by atoms with Crippen molar-refractivity contribution in [1.82, 2.24) is 15.2 Å². The molecule has 0 aliphatic carbocycles. The molecule has 2 aromatic heterocycles. The number of halogens is 2. The van der Waals surface area contributed by atoms with Crippen LogP contribution in [0.25, 0.3) is 10.2 Å². The lowest BCUT2D eigenvalue weighted by molar-refractivity contribution is 0.0829. The Morgan fingerprint density at radius 2 is 2.31 bits per heavy atom. The summed E-state index contributed by atoms with van der Waals surface area (Å²) in [5.41, 5.74) is 0.816. The third kappa shape index (κ3) is 3.47. The molecule has 0 bridgehead atoms. The molecular weight excluding hydrogens is 506 g/mol. The third-order valence-electron chi connectivity index (χ3n) is 4.89. The molecule has 2 N–H and O–H groups in total.